The Morgan fingerprint density at radius 2 is 1.93 bits per heavy atom. The normalized spacial score (nSPS) is 14.9. The summed E-state index contributed by atoms with van der Waals surface area (Å²) >= 11 is 1.53. The van der Waals surface area contributed by atoms with Crippen molar-refractivity contribution in [2.45, 2.75) is 49.7 Å². The average molecular weight is 391 g/mol. The van der Waals surface area contributed by atoms with E-state index in [2.05, 4.69) is 14.8 Å². The molecule has 0 unspecified atom stereocenters. The van der Waals surface area contributed by atoms with E-state index in [1.807, 2.05) is 18.2 Å². The number of rotatable bonds is 8. The van der Waals surface area contributed by atoms with E-state index < -0.39 is 0 Å². The zero-order valence-electron chi connectivity index (χ0n) is 15.8. The first-order valence-electron chi connectivity index (χ1n) is 9.22. The Morgan fingerprint density at radius 3 is 2.59 bits per heavy atom. The molecule has 1 aromatic carbocycles. The van der Waals surface area contributed by atoms with Gasteiger partial charge in [-0.3, -0.25) is 9.36 Å². The third kappa shape index (κ3) is 4.55. The van der Waals surface area contributed by atoms with Crippen LogP contribution in [0.1, 0.15) is 44.6 Å². The van der Waals surface area contributed by atoms with Gasteiger partial charge in [-0.2, -0.15) is 0 Å². The quantitative estimate of drug-likeness (QED) is 0.694. The second-order valence-corrected chi connectivity index (χ2v) is 7.66. The zero-order chi connectivity index (χ0) is 19.2. The standard InChI is InChI=1S/C19H26N4O3S/c1-25-15-9-8-13(12-16(15)26-2)18-21-22-19(27-11-10-17(20)24)23(18)14-6-4-3-5-7-14/h8-9,12,14H,3-7,10-11H2,1-2H3,(H2,20,24). The summed E-state index contributed by atoms with van der Waals surface area (Å²) in [7, 11) is 3.24. The van der Waals surface area contributed by atoms with E-state index in [-0.39, 0.29) is 5.91 Å². The highest BCUT2D eigenvalue weighted by Crippen LogP contribution is 2.38. The van der Waals surface area contributed by atoms with Crippen LogP contribution in [0.25, 0.3) is 11.4 Å². The Bertz CT molecular complexity index is 787. The van der Waals surface area contributed by atoms with E-state index >= 15 is 0 Å². The van der Waals surface area contributed by atoms with Crippen molar-refractivity contribution in [2.24, 2.45) is 5.73 Å². The van der Waals surface area contributed by atoms with E-state index in [4.69, 9.17) is 15.2 Å². The van der Waals surface area contributed by atoms with Gasteiger partial charge in [-0.15, -0.1) is 10.2 Å². The van der Waals surface area contributed by atoms with Crippen LogP contribution < -0.4 is 15.2 Å². The molecule has 1 amide bonds. The molecule has 0 atom stereocenters. The van der Waals surface area contributed by atoms with Crippen LogP contribution in [0, 0.1) is 0 Å². The largest absolute Gasteiger partial charge is 0.493 e. The molecule has 0 aliphatic heterocycles. The van der Waals surface area contributed by atoms with E-state index in [0.717, 1.165) is 29.4 Å². The molecule has 0 spiro atoms. The maximum atomic E-state index is 11.1. The highest BCUT2D eigenvalue weighted by molar-refractivity contribution is 7.99. The lowest BCUT2D eigenvalue weighted by molar-refractivity contribution is -0.117. The summed E-state index contributed by atoms with van der Waals surface area (Å²) in [4.78, 5) is 11.1. The molecule has 7 nitrogen and oxygen atoms in total. The second kappa shape index (κ2) is 9.12. The van der Waals surface area contributed by atoms with Gasteiger partial charge in [0.15, 0.2) is 22.5 Å². The molecule has 2 N–H and O–H groups in total. The van der Waals surface area contributed by atoms with E-state index in [1.54, 1.807) is 14.2 Å². The second-order valence-electron chi connectivity index (χ2n) is 6.60. The fourth-order valence-electron chi connectivity index (χ4n) is 3.46. The third-order valence-corrected chi connectivity index (χ3v) is 5.77. The van der Waals surface area contributed by atoms with Crippen molar-refractivity contribution in [2.75, 3.05) is 20.0 Å². The number of hydrogen-bond donors (Lipinski definition) is 1. The van der Waals surface area contributed by atoms with Crippen molar-refractivity contribution in [3.05, 3.63) is 18.2 Å². The number of nitrogens with two attached hydrogens (primary N) is 1. The molecule has 1 saturated carbocycles. The molecule has 0 radical (unpaired) electrons. The number of primary amides is 1. The van der Waals surface area contributed by atoms with Crippen LogP contribution in [0.4, 0.5) is 0 Å². The monoisotopic (exact) mass is 390 g/mol. The number of carbonyl (C=O) groups is 1. The van der Waals surface area contributed by atoms with E-state index in [0.29, 0.717) is 29.7 Å². The van der Waals surface area contributed by atoms with Gasteiger partial charge in [0.2, 0.25) is 5.91 Å². The van der Waals surface area contributed by atoms with Crippen LogP contribution in [-0.2, 0) is 4.79 Å². The van der Waals surface area contributed by atoms with Crippen molar-refractivity contribution < 1.29 is 14.3 Å². The minimum Gasteiger partial charge on any atom is -0.493 e. The number of hydrogen-bond acceptors (Lipinski definition) is 6. The summed E-state index contributed by atoms with van der Waals surface area (Å²) < 4.78 is 13.0. The Balaban J connectivity index is 1.96. The fourth-order valence-corrected chi connectivity index (χ4v) is 4.42. The van der Waals surface area contributed by atoms with Gasteiger partial charge < -0.3 is 15.2 Å². The summed E-state index contributed by atoms with van der Waals surface area (Å²) in [6, 6.07) is 6.16. The van der Waals surface area contributed by atoms with E-state index in [1.165, 1.54) is 31.0 Å². The van der Waals surface area contributed by atoms with Crippen LogP contribution in [-0.4, -0.2) is 40.6 Å². The number of aromatic nitrogens is 3. The van der Waals surface area contributed by atoms with Gasteiger partial charge in [-0.05, 0) is 31.0 Å². The molecule has 8 heteroatoms. The van der Waals surface area contributed by atoms with Crippen LogP contribution in [0.5, 0.6) is 11.5 Å². The number of ether oxygens (including phenoxy) is 2. The van der Waals surface area contributed by atoms with Gasteiger partial charge in [0.05, 0.1) is 14.2 Å². The van der Waals surface area contributed by atoms with Crippen molar-refractivity contribution in [3.8, 4) is 22.9 Å². The maximum Gasteiger partial charge on any atom is 0.218 e. The Hall–Kier alpha value is -2.22. The van der Waals surface area contributed by atoms with Gasteiger partial charge in [-0.1, -0.05) is 31.0 Å². The summed E-state index contributed by atoms with van der Waals surface area (Å²) in [6.07, 6.45) is 6.24. The first-order valence-corrected chi connectivity index (χ1v) is 10.2. The summed E-state index contributed by atoms with van der Waals surface area (Å²) in [5.41, 5.74) is 6.21. The number of carbonyl (C=O) groups excluding carboxylic acids is 1. The SMILES string of the molecule is COc1ccc(-c2nnc(SCCC(N)=O)n2C2CCCCC2)cc1OC. The van der Waals surface area contributed by atoms with Crippen LogP contribution in [0.3, 0.4) is 0 Å². The first-order chi connectivity index (χ1) is 13.1. The molecule has 146 valence electrons. The van der Waals surface area contributed by atoms with Gasteiger partial charge in [-0.25, -0.2) is 0 Å². The number of amides is 1. The lowest BCUT2D eigenvalue weighted by Gasteiger charge is -2.25. The summed E-state index contributed by atoms with van der Waals surface area (Å²) in [6.45, 7) is 0. The molecule has 0 saturated heterocycles. The molecule has 1 fully saturated rings. The number of thioether (sulfide) groups is 1. The molecule has 2 aromatic rings. The molecule has 3 rings (SSSR count). The highest BCUT2D eigenvalue weighted by Gasteiger charge is 2.24. The van der Waals surface area contributed by atoms with E-state index in [9.17, 15) is 4.79 Å². The number of nitrogens with zero attached hydrogens (tertiary/aromatic N) is 3. The van der Waals surface area contributed by atoms with Crippen molar-refractivity contribution >= 4 is 17.7 Å². The fraction of sp³-hybridized carbons (Fsp3) is 0.526. The molecule has 1 aliphatic rings. The van der Waals surface area contributed by atoms with Gasteiger partial charge in [0, 0.05) is 23.8 Å². The summed E-state index contributed by atoms with van der Waals surface area (Å²) in [5.74, 6) is 2.47. The highest BCUT2D eigenvalue weighted by atomic mass is 32.2. The predicted molar refractivity (Wildman–Crippen MR) is 105 cm³/mol. The molecular formula is C19H26N4O3S. The summed E-state index contributed by atoms with van der Waals surface area (Å²) in [5, 5.41) is 9.72. The minimum atomic E-state index is -0.300. The Morgan fingerprint density at radius 1 is 1.19 bits per heavy atom. The average Bonchev–Trinajstić information content (AvgIpc) is 3.11. The van der Waals surface area contributed by atoms with Crippen molar-refractivity contribution in [3.63, 3.8) is 0 Å². The van der Waals surface area contributed by atoms with Crippen molar-refractivity contribution in [1.29, 1.82) is 0 Å². The topological polar surface area (TPSA) is 92.3 Å². The number of benzene rings is 1. The van der Waals surface area contributed by atoms with Crippen molar-refractivity contribution in [1.82, 2.24) is 14.8 Å². The maximum absolute atomic E-state index is 11.1. The zero-order valence-corrected chi connectivity index (χ0v) is 16.6. The molecule has 1 aliphatic carbocycles. The molecule has 27 heavy (non-hydrogen) atoms. The Labute approximate surface area is 163 Å². The lowest BCUT2D eigenvalue weighted by atomic mass is 9.95. The minimum absolute atomic E-state index is 0.300. The van der Waals surface area contributed by atoms with Gasteiger partial charge in [0.1, 0.15) is 0 Å². The lowest BCUT2D eigenvalue weighted by Crippen LogP contribution is -2.16. The first kappa shape index (κ1) is 19.5. The molecular weight excluding hydrogens is 364 g/mol. The Kier molecular flexibility index (Phi) is 6.60. The molecule has 1 aromatic heterocycles. The van der Waals surface area contributed by atoms with Crippen LogP contribution >= 0.6 is 11.8 Å². The molecule has 1 heterocycles. The molecule has 0 bridgehead atoms. The third-order valence-electron chi connectivity index (χ3n) is 4.83. The van der Waals surface area contributed by atoms with Gasteiger partial charge in [0.25, 0.3) is 0 Å². The van der Waals surface area contributed by atoms with Gasteiger partial charge >= 0.3 is 0 Å². The number of methoxy groups -OCH3 is 2. The van der Waals surface area contributed by atoms with Crippen LogP contribution in [0.15, 0.2) is 23.4 Å². The smallest absolute Gasteiger partial charge is 0.218 e. The van der Waals surface area contributed by atoms with Crippen LogP contribution in [0.2, 0.25) is 0 Å². The predicted octanol–water partition coefficient (Wildman–Crippen LogP) is 3.44.